The SMILES string of the molecule is Nc1cccc(OCC2CC(c3ccc(OCC4CCCO4)cc3)NN2)c1. The van der Waals surface area contributed by atoms with Crippen LogP contribution in [-0.4, -0.2) is 32.0 Å². The van der Waals surface area contributed by atoms with Crippen LogP contribution in [0.1, 0.15) is 30.9 Å². The monoisotopic (exact) mass is 369 g/mol. The Labute approximate surface area is 160 Å². The minimum atomic E-state index is 0.242. The molecule has 0 aromatic heterocycles. The van der Waals surface area contributed by atoms with Crippen LogP contribution in [0.4, 0.5) is 5.69 Å². The highest BCUT2D eigenvalue weighted by molar-refractivity contribution is 5.43. The molecule has 4 N–H and O–H groups in total. The van der Waals surface area contributed by atoms with E-state index < -0.39 is 0 Å². The smallest absolute Gasteiger partial charge is 0.121 e. The largest absolute Gasteiger partial charge is 0.492 e. The van der Waals surface area contributed by atoms with Crippen molar-refractivity contribution in [3.05, 3.63) is 54.1 Å². The summed E-state index contributed by atoms with van der Waals surface area (Å²) in [4.78, 5) is 0. The Hall–Kier alpha value is -2.28. The van der Waals surface area contributed by atoms with Gasteiger partial charge in [-0.05, 0) is 49.1 Å². The second kappa shape index (κ2) is 8.61. The molecule has 2 aromatic rings. The van der Waals surface area contributed by atoms with Gasteiger partial charge in [-0.2, -0.15) is 0 Å². The molecule has 2 aliphatic heterocycles. The lowest BCUT2D eigenvalue weighted by molar-refractivity contribution is 0.0679. The summed E-state index contributed by atoms with van der Waals surface area (Å²) < 4.78 is 17.3. The molecule has 0 radical (unpaired) electrons. The number of nitrogens with one attached hydrogen (secondary N) is 2. The Bertz CT molecular complexity index is 732. The average Bonchev–Trinajstić information content (AvgIpc) is 3.37. The summed E-state index contributed by atoms with van der Waals surface area (Å²) in [6.45, 7) is 2.08. The standard InChI is InChI=1S/C21H27N3O3/c22-16-3-1-4-19(11-16)26-13-17-12-21(24-23-17)15-6-8-18(9-7-15)27-14-20-5-2-10-25-20/h1,3-4,6-9,11,17,20-21,23-24H,2,5,10,12-14,22H2. The minimum absolute atomic E-state index is 0.242. The summed E-state index contributed by atoms with van der Waals surface area (Å²) in [6.07, 6.45) is 3.43. The molecule has 27 heavy (non-hydrogen) atoms. The van der Waals surface area contributed by atoms with Crippen LogP contribution in [0.5, 0.6) is 11.5 Å². The molecular formula is C21H27N3O3. The predicted molar refractivity (Wildman–Crippen MR) is 105 cm³/mol. The Kier molecular flexibility index (Phi) is 5.77. The second-order valence-corrected chi connectivity index (χ2v) is 7.17. The molecular weight excluding hydrogens is 342 g/mol. The zero-order chi connectivity index (χ0) is 18.5. The van der Waals surface area contributed by atoms with Crippen molar-refractivity contribution in [3.8, 4) is 11.5 Å². The van der Waals surface area contributed by atoms with Gasteiger partial charge in [-0.1, -0.05) is 18.2 Å². The van der Waals surface area contributed by atoms with Gasteiger partial charge in [0.05, 0.1) is 12.1 Å². The normalized spacial score (nSPS) is 24.8. The van der Waals surface area contributed by atoms with Gasteiger partial charge in [0.25, 0.3) is 0 Å². The van der Waals surface area contributed by atoms with Crippen LogP contribution in [0.2, 0.25) is 0 Å². The Morgan fingerprint density at radius 1 is 1.00 bits per heavy atom. The number of nitrogens with two attached hydrogens (primary N) is 1. The van der Waals surface area contributed by atoms with Crippen LogP contribution in [0.15, 0.2) is 48.5 Å². The molecule has 2 aliphatic rings. The van der Waals surface area contributed by atoms with Crippen LogP contribution in [0.3, 0.4) is 0 Å². The summed E-state index contributed by atoms with van der Waals surface area (Å²) in [5.41, 5.74) is 14.4. The van der Waals surface area contributed by atoms with Gasteiger partial charge >= 0.3 is 0 Å². The third-order valence-corrected chi connectivity index (χ3v) is 5.03. The summed E-state index contributed by atoms with van der Waals surface area (Å²) in [5.74, 6) is 1.69. The van der Waals surface area contributed by atoms with Crippen molar-refractivity contribution < 1.29 is 14.2 Å². The maximum absolute atomic E-state index is 5.84. The molecule has 3 atom stereocenters. The predicted octanol–water partition coefficient (Wildman–Crippen LogP) is 2.81. The van der Waals surface area contributed by atoms with Crippen molar-refractivity contribution in [1.82, 2.24) is 10.9 Å². The van der Waals surface area contributed by atoms with Crippen molar-refractivity contribution in [2.45, 2.75) is 37.5 Å². The fourth-order valence-electron chi connectivity index (χ4n) is 3.51. The Morgan fingerprint density at radius 3 is 2.63 bits per heavy atom. The molecule has 3 unspecified atom stereocenters. The van der Waals surface area contributed by atoms with E-state index in [1.54, 1.807) is 0 Å². The summed E-state index contributed by atoms with van der Waals surface area (Å²) in [6, 6.07) is 16.3. The van der Waals surface area contributed by atoms with Crippen LogP contribution < -0.4 is 26.1 Å². The van der Waals surface area contributed by atoms with Gasteiger partial charge < -0.3 is 19.9 Å². The Morgan fingerprint density at radius 2 is 1.85 bits per heavy atom. The van der Waals surface area contributed by atoms with E-state index >= 15 is 0 Å². The van der Waals surface area contributed by atoms with Gasteiger partial charge in [-0.25, -0.2) is 5.43 Å². The molecule has 0 bridgehead atoms. The minimum Gasteiger partial charge on any atom is -0.492 e. The molecule has 2 heterocycles. The maximum atomic E-state index is 5.84. The van der Waals surface area contributed by atoms with E-state index in [-0.39, 0.29) is 18.2 Å². The first-order valence-corrected chi connectivity index (χ1v) is 9.60. The zero-order valence-corrected chi connectivity index (χ0v) is 15.4. The molecule has 2 fully saturated rings. The van der Waals surface area contributed by atoms with Crippen LogP contribution >= 0.6 is 0 Å². The van der Waals surface area contributed by atoms with Crippen molar-refractivity contribution in [2.75, 3.05) is 25.6 Å². The summed E-state index contributed by atoms with van der Waals surface area (Å²) >= 11 is 0. The van der Waals surface area contributed by atoms with Gasteiger partial charge in [-0.3, -0.25) is 5.43 Å². The topological polar surface area (TPSA) is 77.8 Å². The molecule has 144 valence electrons. The average molecular weight is 369 g/mol. The number of hydrogen-bond donors (Lipinski definition) is 3. The highest BCUT2D eigenvalue weighted by Gasteiger charge is 2.25. The fourth-order valence-corrected chi connectivity index (χ4v) is 3.51. The van der Waals surface area contributed by atoms with Crippen molar-refractivity contribution in [2.24, 2.45) is 0 Å². The van der Waals surface area contributed by atoms with Crippen LogP contribution in [0, 0.1) is 0 Å². The van der Waals surface area contributed by atoms with Gasteiger partial charge in [0.1, 0.15) is 24.7 Å². The molecule has 6 heteroatoms. The molecule has 6 nitrogen and oxygen atoms in total. The lowest BCUT2D eigenvalue weighted by Gasteiger charge is -2.14. The number of rotatable bonds is 7. The third kappa shape index (κ3) is 4.91. The number of nitrogen functional groups attached to an aromatic ring is 1. The first kappa shape index (κ1) is 18.1. The Balaban J connectivity index is 1.24. The van der Waals surface area contributed by atoms with E-state index in [2.05, 4.69) is 23.0 Å². The highest BCUT2D eigenvalue weighted by Crippen LogP contribution is 2.25. The molecule has 0 saturated carbocycles. The number of ether oxygens (including phenoxy) is 3. The van der Waals surface area contributed by atoms with E-state index in [0.29, 0.717) is 18.9 Å². The van der Waals surface area contributed by atoms with E-state index in [4.69, 9.17) is 19.9 Å². The first-order valence-electron chi connectivity index (χ1n) is 9.60. The lowest BCUT2D eigenvalue weighted by atomic mass is 10.0. The third-order valence-electron chi connectivity index (χ3n) is 5.03. The zero-order valence-electron chi connectivity index (χ0n) is 15.4. The van der Waals surface area contributed by atoms with Crippen molar-refractivity contribution in [1.29, 1.82) is 0 Å². The fraction of sp³-hybridized carbons (Fsp3) is 0.429. The van der Waals surface area contributed by atoms with Gasteiger partial charge in [-0.15, -0.1) is 0 Å². The van der Waals surface area contributed by atoms with Gasteiger partial charge in [0.15, 0.2) is 0 Å². The molecule has 0 amide bonds. The van der Waals surface area contributed by atoms with E-state index in [9.17, 15) is 0 Å². The molecule has 0 aliphatic carbocycles. The molecule has 2 saturated heterocycles. The number of anilines is 1. The molecule has 2 aromatic carbocycles. The van der Waals surface area contributed by atoms with Gasteiger partial charge in [0.2, 0.25) is 0 Å². The lowest BCUT2D eigenvalue weighted by Crippen LogP contribution is -2.34. The van der Waals surface area contributed by atoms with E-state index in [1.807, 2.05) is 36.4 Å². The number of benzene rings is 2. The number of hydrogen-bond acceptors (Lipinski definition) is 6. The van der Waals surface area contributed by atoms with Crippen molar-refractivity contribution >= 4 is 5.69 Å². The van der Waals surface area contributed by atoms with E-state index in [0.717, 1.165) is 37.4 Å². The highest BCUT2D eigenvalue weighted by atomic mass is 16.5. The summed E-state index contributed by atoms with van der Waals surface area (Å²) in [5, 5.41) is 0. The van der Waals surface area contributed by atoms with Crippen LogP contribution in [0.25, 0.3) is 0 Å². The summed E-state index contributed by atoms with van der Waals surface area (Å²) in [7, 11) is 0. The van der Waals surface area contributed by atoms with Crippen LogP contribution in [-0.2, 0) is 4.74 Å². The number of hydrazine groups is 1. The molecule has 4 rings (SSSR count). The molecule has 0 spiro atoms. The maximum Gasteiger partial charge on any atom is 0.121 e. The quantitative estimate of drug-likeness (QED) is 0.652. The first-order chi connectivity index (χ1) is 13.3. The van der Waals surface area contributed by atoms with E-state index in [1.165, 1.54) is 5.56 Å². The van der Waals surface area contributed by atoms with Crippen molar-refractivity contribution in [3.63, 3.8) is 0 Å². The van der Waals surface area contributed by atoms with Gasteiger partial charge in [0, 0.05) is 24.4 Å². The second-order valence-electron chi connectivity index (χ2n) is 7.17.